The van der Waals surface area contributed by atoms with Gasteiger partial charge in [0.2, 0.25) is 17.7 Å². The lowest BCUT2D eigenvalue weighted by atomic mass is 10.1. The Balaban J connectivity index is 2.21. The fourth-order valence-corrected chi connectivity index (χ4v) is 3.29. The van der Waals surface area contributed by atoms with Crippen LogP contribution in [-0.4, -0.2) is 64.7 Å². The fourth-order valence-electron chi connectivity index (χ4n) is 3.29. The average Bonchev–Trinajstić information content (AvgIpc) is 3.34. The molecule has 1 aromatic heterocycles. The first kappa shape index (κ1) is 28.0. The van der Waals surface area contributed by atoms with Crippen molar-refractivity contribution >= 4 is 29.6 Å². The number of para-hydroxylation sites is 1. The van der Waals surface area contributed by atoms with Crippen LogP contribution >= 0.6 is 0 Å². The van der Waals surface area contributed by atoms with Crippen molar-refractivity contribution in [3.63, 3.8) is 0 Å². The molecule has 0 saturated carbocycles. The third kappa shape index (κ3) is 9.18. The molecule has 8 N–H and O–H groups in total. The SMILES string of the molecule is CC(=O)Oc1ccccc1C(=O)N[C@@H](CCCCN)C(=O)N[C@@H](Cc1cnc[nH]1)C(=O)NCC(N)=O. The molecule has 0 aliphatic carbocycles. The number of imidazole rings is 1. The standard InChI is InChI=1S/C23H31N7O6/c1-14(31)36-19-8-3-2-6-16(19)21(33)29-17(7-4-5-9-24)23(35)30-18(10-15-11-26-13-28-15)22(34)27-12-20(25)32/h2-3,6,8,11,13,17-18H,4-5,7,9-10,12,24H2,1H3,(H2,25,32)(H,26,28)(H,27,34)(H,29,33)(H,30,35)/t17-,18-/m0/s1. The molecule has 1 aromatic carbocycles. The zero-order chi connectivity index (χ0) is 26.5. The number of amides is 4. The van der Waals surface area contributed by atoms with Crippen LogP contribution in [0.4, 0.5) is 0 Å². The van der Waals surface area contributed by atoms with Gasteiger partial charge in [-0.2, -0.15) is 0 Å². The van der Waals surface area contributed by atoms with E-state index in [0.717, 1.165) is 0 Å². The Bertz CT molecular complexity index is 1060. The second-order valence-corrected chi connectivity index (χ2v) is 7.93. The number of aromatic amines is 1. The Kier molecular flexibility index (Phi) is 11.0. The number of hydrogen-bond donors (Lipinski definition) is 6. The number of benzene rings is 1. The minimum absolute atomic E-state index is 0.0477. The van der Waals surface area contributed by atoms with Crippen LogP contribution in [0.1, 0.15) is 42.2 Å². The summed E-state index contributed by atoms with van der Waals surface area (Å²) in [6.07, 6.45) is 4.35. The van der Waals surface area contributed by atoms with Crippen molar-refractivity contribution in [2.75, 3.05) is 13.1 Å². The molecule has 4 amide bonds. The zero-order valence-corrected chi connectivity index (χ0v) is 19.9. The number of nitrogens with one attached hydrogen (secondary N) is 4. The Morgan fingerprint density at radius 3 is 2.44 bits per heavy atom. The first-order valence-corrected chi connectivity index (χ1v) is 11.3. The van der Waals surface area contributed by atoms with Crippen molar-refractivity contribution < 1.29 is 28.7 Å². The molecule has 0 aliphatic rings. The van der Waals surface area contributed by atoms with Gasteiger partial charge in [-0.05, 0) is 37.9 Å². The summed E-state index contributed by atoms with van der Waals surface area (Å²) in [5.41, 5.74) is 11.3. The number of nitrogens with zero attached hydrogens (tertiary/aromatic N) is 1. The van der Waals surface area contributed by atoms with E-state index in [1.807, 2.05) is 0 Å². The van der Waals surface area contributed by atoms with E-state index in [1.165, 1.54) is 31.6 Å². The maximum absolute atomic E-state index is 13.2. The molecule has 0 bridgehead atoms. The number of carbonyl (C=O) groups is 5. The van der Waals surface area contributed by atoms with Gasteiger partial charge in [0.25, 0.3) is 5.91 Å². The highest BCUT2D eigenvalue weighted by atomic mass is 16.5. The van der Waals surface area contributed by atoms with E-state index in [-0.39, 0.29) is 24.2 Å². The minimum Gasteiger partial charge on any atom is -0.426 e. The van der Waals surface area contributed by atoms with Gasteiger partial charge in [-0.15, -0.1) is 0 Å². The molecule has 2 atom stereocenters. The highest BCUT2D eigenvalue weighted by Gasteiger charge is 2.28. The van der Waals surface area contributed by atoms with E-state index in [0.29, 0.717) is 25.1 Å². The van der Waals surface area contributed by atoms with Gasteiger partial charge in [-0.25, -0.2) is 4.98 Å². The number of ether oxygens (including phenoxy) is 1. The van der Waals surface area contributed by atoms with Crippen LogP contribution < -0.4 is 32.2 Å². The summed E-state index contributed by atoms with van der Waals surface area (Å²) in [6, 6.07) is 4.01. The highest BCUT2D eigenvalue weighted by molar-refractivity contribution is 6.00. The number of nitrogens with two attached hydrogens (primary N) is 2. The van der Waals surface area contributed by atoms with Gasteiger partial charge in [0.15, 0.2) is 0 Å². The third-order valence-electron chi connectivity index (χ3n) is 5.00. The lowest BCUT2D eigenvalue weighted by molar-refractivity contribution is -0.132. The number of unbranched alkanes of at least 4 members (excludes halogenated alkanes) is 1. The largest absolute Gasteiger partial charge is 0.426 e. The van der Waals surface area contributed by atoms with Gasteiger partial charge in [0.1, 0.15) is 17.8 Å². The third-order valence-corrected chi connectivity index (χ3v) is 5.00. The van der Waals surface area contributed by atoms with E-state index in [4.69, 9.17) is 16.2 Å². The maximum atomic E-state index is 13.2. The van der Waals surface area contributed by atoms with E-state index in [1.54, 1.807) is 12.1 Å². The summed E-state index contributed by atoms with van der Waals surface area (Å²) in [5.74, 6) is -3.19. The molecule has 13 heteroatoms. The highest BCUT2D eigenvalue weighted by Crippen LogP contribution is 2.18. The Hall–Kier alpha value is -4.26. The lowest BCUT2D eigenvalue weighted by Gasteiger charge is -2.23. The molecule has 194 valence electrons. The fraction of sp³-hybridized carbons (Fsp3) is 0.391. The van der Waals surface area contributed by atoms with Crippen LogP contribution in [0.15, 0.2) is 36.8 Å². The Morgan fingerprint density at radius 2 is 1.81 bits per heavy atom. The zero-order valence-electron chi connectivity index (χ0n) is 19.9. The number of H-pyrrole nitrogens is 1. The summed E-state index contributed by atoms with van der Waals surface area (Å²) in [7, 11) is 0. The van der Waals surface area contributed by atoms with Crippen molar-refractivity contribution in [1.29, 1.82) is 0 Å². The van der Waals surface area contributed by atoms with Crippen molar-refractivity contribution in [3.05, 3.63) is 48.0 Å². The van der Waals surface area contributed by atoms with Gasteiger partial charge in [0, 0.05) is 25.2 Å². The average molecular weight is 502 g/mol. The molecule has 0 fully saturated rings. The van der Waals surface area contributed by atoms with E-state index in [9.17, 15) is 24.0 Å². The second kappa shape index (κ2) is 14.2. The molecule has 1 heterocycles. The Labute approximate surface area is 207 Å². The summed E-state index contributed by atoms with van der Waals surface area (Å²) in [5, 5.41) is 7.65. The van der Waals surface area contributed by atoms with E-state index < -0.39 is 48.2 Å². The number of aromatic nitrogens is 2. The number of rotatable bonds is 14. The topological polar surface area (TPSA) is 211 Å². The molecule has 13 nitrogen and oxygen atoms in total. The van der Waals surface area contributed by atoms with Crippen LogP contribution in [-0.2, 0) is 25.6 Å². The summed E-state index contributed by atoms with van der Waals surface area (Å²) in [6.45, 7) is 1.20. The minimum atomic E-state index is -1.08. The second-order valence-electron chi connectivity index (χ2n) is 7.93. The molecule has 0 spiro atoms. The number of hydrogen-bond acceptors (Lipinski definition) is 8. The van der Waals surface area contributed by atoms with Gasteiger partial charge in [-0.1, -0.05) is 12.1 Å². The monoisotopic (exact) mass is 501 g/mol. The maximum Gasteiger partial charge on any atom is 0.308 e. The van der Waals surface area contributed by atoms with Crippen molar-refractivity contribution in [2.45, 2.75) is 44.7 Å². The molecule has 2 aromatic rings. The first-order chi connectivity index (χ1) is 17.2. The lowest BCUT2D eigenvalue weighted by Crippen LogP contribution is -2.55. The van der Waals surface area contributed by atoms with Gasteiger partial charge in [0.05, 0.1) is 18.4 Å². The molecule has 0 radical (unpaired) electrons. The quantitative estimate of drug-likeness (QED) is 0.106. The number of primary amides is 1. The molecule has 2 rings (SSSR count). The summed E-state index contributed by atoms with van der Waals surface area (Å²) in [4.78, 5) is 68.1. The van der Waals surface area contributed by atoms with Crippen LogP contribution in [0.2, 0.25) is 0 Å². The van der Waals surface area contributed by atoms with Gasteiger partial charge in [-0.3, -0.25) is 24.0 Å². The smallest absolute Gasteiger partial charge is 0.308 e. The van der Waals surface area contributed by atoms with E-state index in [2.05, 4.69) is 25.9 Å². The molecule has 0 unspecified atom stereocenters. The summed E-state index contributed by atoms with van der Waals surface area (Å²) >= 11 is 0. The van der Waals surface area contributed by atoms with Crippen molar-refractivity contribution in [2.24, 2.45) is 11.5 Å². The van der Waals surface area contributed by atoms with Crippen LogP contribution in [0.3, 0.4) is 0 Å². The molecular formula is C23H31N7O6. The number of carbonyl (C=O) groups excluding carboxylic acids is 5. The van der Waals surface area contributed by atoms with Gasteiger partial charge >= 0.3 is 5.97 Å². The normalized spacial score (nSPS) is 12.2. The molecular weight excluding hydrogens is 470 g/mol. The molecule has 0 saturated heterocycles. The molecule has 36 heavy (non-hydrogen) atoms. The summed E-state index contributed by atoms with van der Waals surface area (Å²) < 4.78 is 5.09. The van der Waals surface area contributed by atoms with Gasteiger partial charge < -0.3 is 37.1 Å². The predicted molar refractivity (Wildman–Crippen MR) is 128 cm³/mol. The first-order valence-electron chi connectivity index (χ1n) is 11.3. The predicted octanol–water partition coefficient (Wildman–Crippen LogP) is -1.11. The molecule has 0 aliphatic heterocycles. The van der Waals surface area contributed by atoms with Crippen molar-refractivity contribution in [3.8, 4) is 5.75 Å². The van der Waals surface area contributed by atoms with E-state index >= 15 is 0 Å². The Morgan fingerprint density at radius 1 is 1.06 bits per heavy atom. The van der Waals surface area contributed by atoms with Crippen LogP contribution in [0.5, 0.6) is 5.75 Å². The number of esters is 1. The van der Waals surface area contributed by atoms with Crippen molar-refractivity contribution in [1.82, 2.24) is 25.9 Å². The van der Waals surface area contributed by atoms with Crippen LogP contribution in [0, 0.1) is 0 Å². The van der Waals surface area contributed by atoms with Crippen LogP contribution in [0.25, 0.3) is 0 Å².